The van der Waals surface area contributed by atoms with Gasteiger partial charge in [0.15, 0.2) is 0 Å². The summed E-state index contributed by atoms with van der Waals surface area (Å²) in [4.78, 5) is 0. The van der Waals surface area contributed by atoms with Crippen LogP contribution in [0.1, 0.15) is 43.6 Å². The minimum Gasteiger partial charge on any atom is -0.372 e. The van der Waals surface area contributed by atoms with Gasteiger partial charge in [-0.1, -0.05) is 43.5 Å². The molecule has 20 heavy (non-hydrogen) atoms. The van der Waals surface area contributed by atoms with Gasteiger partial charge in [-0.25, -0.2) is 0 Å². The van der Waals surface area contributed by atoms with Crippen molar-refractivity contribution in [3.8, 4) is 11.3 Å². The molecule has 1 N–H and O–H groups in total. The lowest BCUT2D eigenvalue weighted by molar-refractivity contribution is 0.443. The molecule has 1 aliphatic carbocycles. The molecule has 1 fully saturated rings. The van der Waals surface area contributed by atoms with Crippen LogP contribution in [-0.2, 0) is 0 Å². The van der Waals surface area contributed by atoms with Crippen molar-refractivity contribution in [1.82, 2.24) is 10.2 Å². The molecule has 1 aliphatic rings. The SMILES string of the molecule is CNc1ccc(-c2ccc(C3CCCCC3)cc2)nn1. The number of aromatic nitrogens is 2. The highest BCUT2D eigenvalue weighted by molar-refractivity contribution is 5.60. The molecule has 3 rings (SSSR count). The van der Waals surface area contributed by atoms with Gasteiger partial charge in [0.1, 0.15) is 5.82 Å². The molecule has 104 valence electrons. The van der Waals surface area contributed by atoms with Crippen molar-refractivity contribution in [2.75, 3.05) is 12.4 Å². The first-order valence-electron chi connectivity index (χ1n) is 7.48. The van der Waals surface area contributed by atoms with E-state index < -0.39 is 0 Å². The molecule has 3 nitrogen and oxygen atoms in total. The molecular weight excluding hydrogens is 246 g/mol. The van der Waals surface area contributed by atoms with E-state index in [4.69, 9.17) is 0 Å². The molecule has 0 aliphatic heterocycles. The standard InChI is InChI=1S/C17H21N3/c1-18-17-12-11-16(19-20-17)15-9-7-14(8-10-15)13-5-3-2-4-6-13/h7-13H,2-6H2,1H3,(H,18,20). The van der Waals surface area contributed by atoms with Crippen LogP contribution >= 0.6 is 0 Å². The Kier molecular flexibility index (Phi) is 3.95. The van der Waals surface area contributed by atoms with Crippen LogP contribution in [0.2, 0.25) is 0 Å². The summed E-state index contributed by atoms with van der Waals surface area (Å²) in [5, 5.41) is 11.4. The largest absolute Gasteiger partial charge is 0.372 e. The van der Waals surface area contributed by atoms with Gasteiger partial charge < -0.3 is 5.32 Å². The Hall–Kier alpha value is -1.90. The van der Waals surface area contributed by atoms with Crippen LogP contribution in [0.3, 0.4) is 0 Å². The van der Waals surface area contributed by atoms with Crippen LogP contribution < -0.4 is 5.32 Å². The zero-order valence-electron chi connectivity index (χ0n) is 12.0. The summed E-state index contributed by atoms with van der Waals surface area (Å²) in [7, 11) is 1.85. The van der Waals surface area contributed by atoms with E-state index in [2.05, 4.69) is 39.8 Å². The highest BCUT2D eigenvalue weighted by atomic mass is 15.2. The molecule has 0 amide bonds. The molecule has 2 aromatic rings. The summed E-state index contributed by atoms with van der Waals surface area (Å²) >= 11 is 0. The zero-order chi connectivity index (χ0) is 13.8. The number of hydrogen-bond acceptors (Lipinski definition) is 3. The predicted molar refractivity (Wildman–Crippen MR) is 82.8 cm³/mol. The number of nitrogens with one attached hydrogen (secondary N) is 1. The maximum atomic E-state index is 4.25. The molecule has 0 unspecified atom stereocenters. The van der Waals surface area contributed by atoms with Crippen LogP contribution in [0.4, 0.5) is 5.82 Å². The third-order valence-corrected chi connectivity index (χ3v) is 4.20. The fourth-order valence-corrected chi connectivity index (χ4v) is 2.98. The van der Waals surface area contributed by atoms with E-state index >= 15 is 0 Å². The van der Waals surface area contributed by atoms with Crippen molar-refractivity contribution in [3.63, 3.8) is 0 Å². The van der Waals surface area contributed by atoms with E-state index in [0.29, 0.717) is 0 Å². The smallest absolute Gasteiger partial charge is 0.148 e. The summed E-state index contributed by atoms with van der Waals surface area (Å²) in [6.07, 6.45) is 6.85. The molecule has 1 saturated carbocycles. The summed E-state index contributed by atoms with van der Waals surface area (Å²) in [5.41, 5.74) is 3.55. The van der Waals surface area contributed by atoms with Gasteiger partial charge >= 0.3 is 0 Å². The Morgan fingerprint density at radius 2 is 1.65 bits per heavy atom. The Balaban J connectivity index is 1.77. The first kappa shape index (κ1) is 13.1. The van der Waals surface area contributed by atoms with Gasteiger partial charge in [-0.2, -0.15) is 0 Å². The van der Waals surface area contributed by atoms with Crippen molar-refractivity contribution < 1.29 is 0 Å². The van der Waals surface area contributed by atoms with E-state index in [1.54, 1.807) is 0 Å². The van der Waals surface area contributed by atoms with Crippen molar-refractivity contribution in [2.45, 2.75) is 38.0 Å². The van der Waals surface area contributed by atoms with E-state index in [9.17, 15) is 0 Å². The Morgan fingerprint density at radius 3 is 2.25 bits per heavy atom. The second-order valence-corrected chi connectivity index (χ2v) is 5.51. The second-order valence-electron chi connectivity index (χ2n) is 5.51. The molecule has 0 spiro atoms. The third kappa shape index (κ3) is 2.82. The molecule has 0 bridgehead atoms. The van der Waals surface area contributed by atoms with Crippen LogP contribution in [0.25, 0.3) is 11.3 Å². The van der Waals surface area contributed by atoms with E-state index in [-0.39, 0.29) is 0 Å². The van der Waals surface area contributed by atoms with Gasteiger partial charge in [-0.3, -0.25) is 0 Å². The normalized spacial score (nSPS) is 16.1. The lowest BCUT2D eigenvalue weighted by Crippen LogP contribution is -2.04. The number of nitrogens with zero attached hydrogens (tertiary/aromatic N) is 2. The summed E-state index contributed by atoms with van der Waals surface area (Å²) in [6, 6.07) is 12.8. The fraction of sp³-hybridized carbons (Fsp3) is 0.412. The van der Waals surface area contributed by atoms with Gasteiger partial charge in [0.05, 0.1) is 5.69 Å². The van der Waals surface area contributed by atoms with E-state index in [1.807, 2.05) is 19.2 Å². The molecule has 0 atom stereocenters. The van der Waals surface area contributed by atoms with Crippen LogP contribution in [-0.4, -0.2) is 17.2 Å². The molecule has 1 heterocycles. The van der Waals surface area contributed by atoms with E-state index in [0.717, 1.165) is 23.0 Å². The lowest BCUT2D eigenvalue weighted by Gasteiger charge is -2.22. The van der Waals surface area contributed by atoms with Crippen LogP contribution in [0.5, 0.6) is 0 Å². The second kappa shape index (κ2) is 6.04. The summed E-state index contributed by atoms with van der Waals surface area (Å²) in [5.74, 6) is 1.56. The van der Waals surface area contributed by atoms with Crippen molar-refractivity contribution in [1.29, 1.82) is 0 Å². The van der Waals surface area contributed by atoms with Crippen LogP contribution in [0, 0.1) is 0 Å². The van der Waals surface area contributed by atoms with Gasteiger partial charge in [-0.05, 0) is 36.5 Å². The van der Waals surface area contributed by atoms with Crippen molar-refractivity contribution >= 4 is 5.82 Å². The molecule has 0 radical (unpaired) electrons. The maximum Gasteiger partial charge on any atom is 0.148 e. The average molecular weight is 267 g/mol. The summed E-state index contributed by atoms with van der Waals surface area (Å²) < 4.78 is 0. The van der Waals surface area contributed by atoms with Crippen molar-refractivity contribution in [2.24, 2.45) is 0 Å². The number of anilines is 1. The highest BCUT2D eigenvalue weighted by Gasteiger charge is 2.15. The Morgan fingerprint density at radius 1 is 0.900 bits per heavy atom. The average Bonchev–Trinajstić information content (AvgIpc) is 2.56. The predicted octanol–water partition coefficient (Wildman–Crippen LogP) is 4.23. The number of benzene rings is 1. The van der Waals surface area contributed by atoms with Crippen LogP contribution in [0.15, 0.2) is 36.4 Å². The summed E-state index contributed by atoms with van der Waals surface area (Å²) in [6.45, 7) is 0. The van der Waals surface area contributed by atoms with Crippen molar-refractivity contribution in [3.05, 3.63) is 42.0 Å². The molecule has 0 saturated heterocycles. The Bertz CT molecular complexity index is 539. The molecule has 1 aromatic carbocycles. The van der Waals surface area contributed by atoms with Gasteiger partial charge in [0.25, 0.3) is 0 Å². The van der Waals surface area contributed by atoms with Gasteiger partial charge in [-0.15, -0.1) is 10.2 Å². The fourth-order valence-electron chi connectivity index (χ4n) is 2.98. The number of hydrogen-bond donors (Lipinski definition) is 1. The zero-order valence-corrected chi connectivity index (χ0v) is 12.0. The monoisotopic (exact) mass is 267 g/mol. The first-order valence-corrected chi connectivity index (χ1v) is 7.48. The topological polar surface area (TPSA) is 37.8 Å². The maximum absolute atomic E-state index is 4.25. The number of rotatable bonds is 3. The quantitative estimate of drug-likeness (QED) is 0.904. The molecular formula is C17H21N3. The lowest BCUT2D eigenvalue weighted by atomic mass is 9.84. The van der Waals surface area contributed by atoms with Gasteiger partial charge in [0, 0.05) is 12.6 Å². The minimum absolute atomic E-state index is 0.760. The molecule has 3 heteroatoms. The minimum atomic E-state index is 0.760. The molecule has 1 aromatic heterocycles. The first-order chi connectivity index (χ1) is 9.86. The van der Waals surface area contributed by atoms with Gasteiger partial charge in [0.2, 0.25) is 0 Å². The third-order valence-electron chi connectivity index (χ3n) is 4.20. The highest BCUT2D eigenvalue weighted by Crippen LogP contribution is 2.33. The van der Waals surface area contributed by atoms with E-state index in [1.165, 1.54) is 37.7 Å². The Labute approximate surface area is 120 Å².